The second-order valence-electron chi connectivity index (χ2n) is 10.8. The van der Waals surface area contributed by atoms with E-state index in [0.717, 1.165) is 15.4 Å². The highest BCUT2D eigenvalue weighted by molar-refractivity contribution is 7.92. The summed E-state index contributed by atoms with van der Waals surface area (Å²) < 4.78 is 39.3. The van der Waals surface area contributed by atoms with Crippen LogP contribution < -0.4 is 19.1 Å². The van der Waals surface area contributed by atoms with E-state index in [4.69, 9.17) is 9.47 Å². The summed E-state index contributed by atoms with van der Waals surface area (Å²) in [5, 5.41) is 2.92. The molecule has 2 amide bonds. The van der Waals surface area contributed by atoms with Gasteiger partial charge in [0.2, 0.25) is 11.8 Å². The third-order valence-electron chi connectivity index (χ3n) is 6.43. The monoisotopic (exact) mass is 581 g/mol. The lowest BCUT2D eigenvalue weighted by Crippen LogP contribution is -2.54. The van der Waals surface area contributed by atoms with Crippen molar-refractivity contribution in [1.29, 1.82) is 0 Å². The molecule has 41 heavy (non-hydrogen) atoms. The van der Waals surface area contributed by atoms with Crippen molar-refractivity contribution in [2.75, 3.05) is 25.1 Å². The van der Waals surface area contributed by atoms with Gasteiger partial charge in [-0.3, -0.25) is 13.9 Å². The van der Waals surface area contributed by atoms with Gasteiger partial charge in [0.15, 0.2) is 0 Å². The number of anilines is 1. The van der Waals surface area contributed by atoms with Gasteiger partial charge < -0.3 is 19.7 Å². The summed E-state index contributed by atoms with van der Waals surface area (Å²) in [6.07, 6.45) is 0. The lowest BCUT2D eigenvalue weighted by Gasteiger charge is -2.33. The number of carbonyl (C=O) groups is 2. The summed E-state index contributed by atoms with van der Waals surface area (Å²) in [6.45, 7) is 8.67. The minimum atomic E-state index is -4.16. The number of hydrogen-bond donors (Lipinski definition) is 1. The molecule has 220 valence electrons. The highest BCUT2D eigenvalue weighted by Gasteiger charge is 2.33. The average molecular weight is 582 g/mol. The van der Waals surface area contributed by atoms with Crippen molar-refractivity contribution in [3.8, 4) is 11.5 Å². The molecular weight excluding hydrogens is 542 g/mol. The number of ether oxygens (including phenoxy) is 2. The summed E-state index contributed by atoms with van der Waals surface area (Å²) in [6, 6.07) is 19.1. The van der Waals surface area contributed by atoms with Crippen molar-refractivity contribution in [3.05, 3.63) is 83.9 Å². The fourth-order valence-electron chi connectivity index (χ4n) is 4.10. The van der Waals surface area contributed by atoms with E-state index in [-0.39, 0.29) is 17.3 Å². The van der Waals surface area contributed by atoms with Crippen molar-refractivity contribution >= 4 is 27.5 Å². The van der Waals surface area contributed by atoms with E-state index in [1.807, 2.05) is 27.7 Å². The van der Waals surface area contributed by atoms with Gasteiger partial charge in [-0.1, -0.05) is 29.8 Å². The molecule has 0 radical (unpaired) electrons. The minimum absolute atomic E-state index is 0.00639. The van der Waals surface area contributed by atoms with Crippen LogP contribution in [0.5, 0.6) is 11.5 Å². The molecule has 10 heteroatoms. The van der Waals surface area contributed by atoms with Gasteiger partial charge in [0.25, 0.3) is 10.0 Å². The van der Waals surface area contributed by atoms with Crippen LogP contribution in [0.1, 0.15) is 38.8 Å². The highest BCUT2D eigenvalue weighted by Crippen LogP contribution is 2.26. The van der Waals surface area contributed by atoms with Crippen LogP contribution in [0.2, 0.25) is 0 Å². The molecule has 0 fully saturated rings. The Balaban J connectivity index is 2.02. The molecule has 0 spiro atoms. The summed E-state index contributed by atoms with van der Waals surface area (Å²) in [5.74, 6) is 0.279. The topological polar surface area (TPSA) is 105 Å². The van der Waals surface area contributed by atoms with E-state index in [1.54, 1.807) is 74.7 Å². The van der Waals surface area contributed by atoms with Crippen molar-refractivity contribution in [3.63, 3.8) is 0 Å². The molecule has 0 aromatic heterocycles. The number of amides is 2. The van der Waals surface area contributed by atoms with Gasteiger partial charge in [-0.15, -0.1) is 0 Å². The fraction of sp³-hybridized carbons (Fsp3) is 0.355. The molecular formula is C31H39N3O6S. The van der Waals surface area contributed by atoms with Crippen LogP contribution in [0, 0.1) is 6.92 Å². The smallest absolute Gasteiger partial charge is 0.264 e. The predicted octanol–water partition coefficient (Wildman–Crippen LogP) is 4.54. The van der Waals surface area contributed by atoms with Gasteiger partial charge in [0, 0.05) is 12.1 Å². The molecule has 0 saturated heterocycles. The lowest BCUT2D eigenvalue weighted by molar-refractivity contribution is -0.140. The molecule has 0 aliphatic carbocycles. The molecule has 0 aliphatic rings. The van der Waals surface area contributed by atoms with E-state index < -0.39 is 34.1 Å². The first-order valence-electron chi connectivity index (χ1n) is 13.2. The van der Waals surface area contributed by atoms with Crippen LogP contribution in [0.15, 0.2) is 77.7 Å². The molecule has 0 aliphatic heterocycles. The summed E-state index contributed by atoms with van der Waals surface area (Å²) >= 11 is 0. The van der Waals surface area contributed by atoms with Crippen LogP contribution in [-0.2, 0) is 26.2 Å². The van der Waals surface area contributed by atoms with E-state index in [1.165, 1.54) is 24.1 Å². The van der Waals surface area contributed by atoms with Crippen molar-refractivity contribution < 1.29 is 27.5 Å². The largest absolute Gasteiger partial charge is 0.497 e. The quantitative estimate of drug-likeness (QED) is 0.357. The van der Waals surface area contributed by atoms with Crippen molar-refractivity contribution in [1.82, 2.24) is 10.2 Å². The number of aryl methyl sites for hydroxylation is 1. The second-order valence-corrected chi connectivity index (χ2v) is 12.7. The third kappa shape index (κ3) is 8.23. The van der Waals surface area contributed by atoms with Gasteiger partial charge in [0.1, 0.15) is 24.1 Å². The molecule has 3 aromatic rings. The van der Waals surface area contributed by atoms with Crippen LogP contribution in [0.4, 0.5) is 5.69 Å². The molecule has 3 rings (SSSR count). The Morgan fingerprint density at radius 3 is 1.85 bits per heavy atom. The standard InChI is InChI=1S/C31H39N3O6S/c1-22-8-12-25(13-9-22)34(41(37,38)28-18-16-27(40-7)17-19-28)21-29(35)33(23(2)30(36)32-31(3,4)5)20-24-10-14-26(39-6)15-11-24/h8-19,23H,20-21H2,1-7H3,(H,32,36)/t23-/m1/s1. The number of methoxy groups -OCH3 is 2. The number of sulfonamides is 1. The molecule has 3 aromatic carbocycles. The zero-order valence-electron chi connectivity index (χ0n) is 24.7. The lowest BCUT2D eigenvalue weighted by atomic mass is 10.1. The number of carbonyl (C=O) groups excluding carboxylic acids is 2. The molecule has 0 saturated carbocycles. The molecule has 1 N–H and O–H groups in total. The first-order valence-corrected chi connectivity index (χ1v) is 14.7. The molecule has 0 heterocycles. The molecule has 9 nitrogen and oxygen atoms in total. The Morgan fingerprint density at radius 1 is 0.854 bits per heavy atom. The highest BCUT2D eigenvalue weighted by atomic mass is 32.2. The summed E-state index contributed by atoms with van der Waals surface area (Å²) in [4.78, 5) is 28.6. The van der Waals surface area contributed by atoms with Crippen LogP contribution >= 0.6 is 0 Å². The van der Waals surface area contributed by atoms with Gasteiger partial charge >= 0.3 is 0 Å². The Morgan fingerprint density at radius 2 is 1.37 bits per heavy atom. The molecule has 0 unspecified atom stereocenters. The van der Waals surface area contributed by atoms with E-state index in [2.05, 4.69) is 5.32 Å². The van der Waals surface area contributed by atoms with Gasteiger partial charge in [0.05, 0.1) is 24.8 Å². The molecule has 0 bridgehead atoms. The Hall–Kier alpha value is -4.05. The second kappa shape index (κ2) is 13.1. The SMILES string of the molecule is COc1ccc(CN(C(=O)CN(c2ccc(C)cc2)S(=O)(=O)c2ccc(OC)cc2)[C@H](C)C(=O)NC(C)(C)C)cc1. The average Bonchev–Trinajstić information content (AvgIpc) is 2.94. The summed E-state index contributed by atoms with van der Waals surface area (Å²) in [7, 11) is -1.11. The first-order chi connectivity index (χ1) is 19.2. The van der Waals surface area contributed by atoms with E-state index >= 15 is 0 Å². The van der Waals surface area contributed by atoms with Crippen LogP contribution in [0.25, 0.3) is 0 Å². The van der Waals surface area contributed by atoms with Gasteiger partial charge in [-0.05, 0) is 88.7 Å². The Kier molecular flexibility index (Phi) is 10.0. The zero-order valence-corrected chi connectivity index (χ0v) is 25.5. The molecule has 1 atom stereocenters. The number of nitrogens with one attached hydrogen (secondary N) is 1. The van der Waals surface area contributed by atoms with Gasteiger partial charge in [-0.2, -0.15) is 0 Å². The van der Waals surface area contributed by atoms with Crippen LogP contribution in [-0.4, -0.2) is 57.5 Å². The normalized spacial score (nSPS) is 12.3. The number of hydrogen-bond acceptors (Lipinski definition) is 6. The fourth-order valence-corrected chi connectivity index (χ4v) is 5.51. The van der Waals surface area contributed by atoms with E-state index in [9.17, 15) is 18.0 Å². The van der Waals surface area contributed by atoms with Crippen molar-refractivity contribution in [2.24, 2.45) is 0 Å². The van der Waals surface area contributed by atoms with Gasteiger partial charge in [-0.25, -0.2) is 8.42 Å². The maximum absolute atomic E-state index is 14.0. The van der Waals surface area contributed by atoms with Crippen LogP contribution in [0.3, 0.4) is 0 Å². The number of rotatable bonds is 11. The maximum atomic E-state index is 14.0. The summed E-state index contributed by atoms with van der Waals surface area (Å²) in [5.41, 5.74) is 1.51. The Bertz CT molecular complexity index is 1430. The zero-order chi connectivity index (χ0) is 30.4. The number of benzene rings is 3. The predicted molar refractivity (Wildman–Crippen MR) is 160 cm³/mol. The third-order valence-corrected chi connectivity index (χ3v) is 8.21. The van der Waals surface area contributed by atoms with E-state index in [0.29, 0.717) is 17.2 Å². The van der Waals surface area contributed by atoms with Crippen molar-refractivity contribution in [2.45, 2.75) is 57.6 Å². The maximum Gasteiger partial charge on any atom is 0.264 e. The number of nitrogens with zero attached hydrogens (tertiary/aromatic N) is 2. The minimum Gasteiger partial charge on any atom is -0.497 e. The Labute approximate surface area is 243 Å². The first kappa shape index (κ1) is 31.5.